The van der Waals surface area contributed by atoms with Gasteiger partial charge in [0.05, 0.1) is 0 Å². The molecule has 0 saturated heterocycles. The Morgan fingerprint density at radius 2 is 2.08 bits per heavy atom. The van der Waals surface area contributed by atoms with Crippen LogP contribution >= 0.6 is 15.9 Å². The van der Waals surface area contributed by atoms with Crippen molar-refractivity contribution in [1.29, 1.82) is 0 Å². The van der Waals surface area contributed by atoms with E-state index in [0.29, 0.717) is 5.56 Å². The van der Waals surface area contributed by atoms with E-state index < -0.39 is 0 Å². The van der Waals surface area contributed by atoms with Gasteiger partial charge < -0.3 is 0 Å². The SMILES string of the molecule is CCC.O=Cc1cncc(Br)c1. The molecule has 0 bridgehead atoms. The van der Waals surface area contributed by atoms with Gasteiger partial charge in [-0.05, 0) is 22.0 Å². The number of hydrogen-bond acceptors (Lipinski definition) is 2. The summed E-state index contributed by atoms with van der Waals surface area (Å²) in [7, 11) is 0. The lowest BCUT2D eigenvalue weighted by atomic mass is 10.3. The largest absolute Gasteiger partial charge is 0.298 e. The first kappa shape index (κ1) is 11.3. The Balaban J connectivity index is 0.000000354. The van der Waals surface area contributed by atoms with E-state index in [9.17, 15) is 4.79 Å². The maximum absolute atomic E-state index is 10.1. The van der Waals surface area contributed by atoms with E-state index in [-0.39, 0.29) is 0 Å². The first-order valence-corrected chi connectivity index (χ1v) is 4.59. The van der Waals surface area contributed by atoms with Crippen LogP contribution in [0.25, 0.3) is 0 Å². The van der Waals surface area contributed by atoms with Crippen LogP contribution in [-0.4, -0.2) is 11.3 Å². The molecule has 0 aromatic carbocycles. The summed E-state index contributed by atoms with van der Waals surface area (Å²) in [5.74, 6) is 0. The number of aromatic nitrogens is 1. The van der Waals surface area contributed by atoms with Gasteiger partial charge in [0.25, 0.3) is 0 Å². The fourth-order valence-electron chi connectivity index (χ4n) is 0.493. The van der Waals surface area contributed by atoms with Crippen LogP contribution in [0.2, 0.25) is 0 Å². The third kappa shape index (κ3) is 5.02. The maximum atomic E-state index is 10.1. The molecule has 0 spiro atoms. The molecule has 0 N–H and O–H groups in total. The van der Waals surface area contributed by atoms with Gasteiger partial charge >= 0.3 is 0 Å². The molecular formula is C9H12BrNO. The fraction of sp³-hybridized carbons (Fsp3) is 0.333. The second kappa shape index (κ2) is 6.98. The van der Waals surface area contributed by atoms with Crippen molar-refractivity contribution >= 4 is 22.2 Å². The minimum Gasteiger partial charge on any atom is -0.298 e. The molecule has 0 aliphatic rings. The van der Waals surface area contributed by atoms with E-state index in [0.717, 1.165) is 10.8 Å². The summed E-state index contributed by atoms with van der Waals surface area (Å²) in [4.78, 5) is 13.9. The monoisotopic (exact) mass is 229 g/mol. The molecule has 0 unspecified atom stereocenters. The highest BCUT2D eigenvalue weighted by Crippen LogP contribution is 2.07. The number of halogens is 1. The van der Waals surface area contributed by atoms with Gasteiger partial charge in [0, 0.05) is 22.4 Å². The molecule has 2 nitrogen and oxygen atoms in total. The van der Waals surface area contributed by atoms with Crippen molar-refractivity contribution in [3.63, 3.8) is 0 Å². The summed E-state index contributed by atoms with van der Waals surface area (Å²) in [6.45, 7) is 4.25. The maximum Gasteiger partial charge on any atom is 0.151 e. The van der Waals surface area contributed by atoms with E-state index in [2.05, 4.69) is 34.8 Å². The summed E-state index contributed by atoms with van der Waals surface area (Å²) in [5.41, 5.74) is 0.587. The lowest BCUT2D eigenvalue weighted by Crippen LogP contribution is -1.79. The number of carbonyl (C=O) groups is 1. The number of hydrogen-bond donors (Lipinski definition) is 0. The second-order valence-corrected chi connectivity index (χ2v) is 3.18. The summed E-state index contributed by atoms with van der Waals surface area (Å²) in [5, 5.41) is 0. The zero-order valence-corrected chi connectivity index (χ0v) is 8.84. The molecule has 66 valence electrons. The Labute approximate surface area is 81.1 Å². The molecule has 1 rings (SSSR count). The van der Waals surface area contributed by atoms with Crippen molar-refractivity contribution in [1.82, 2.24) is 4.98 Å². The minimum atomic E-state index is 0.587. The van der Waals surface area contributed by atoms with Crippen molar-refractivity contribution in [2.24, 2.45) is 0 Å². The number of carbonyl (C=O) groups excluding carboxylic acids is 1. The predicted molar refractivity (Wildman–Crippen MR) is 53.3 cm³/mol. The first-order chi connectivity index (χ1) is 5.74. The zero-order valence-electron chi connectivity index (χ0n) is 7.25. The molecular weight excluding hydrogens is 218 g/mol. The third-order valence-electron chi connectivity index (χ3n) is 0.862. The van der Waals surface area contributed by atoms with Crippen LogP contribution in [0, 0.1) is 0 Å². The van der Waals surface area contributed by atoms with Crippen LogP contribution in [0.4, 0.5) is 0 Å². The van der Waals surface area contributed by atoms with Crippen LogP contribution < -0.4 is 0 Å². The zero-order chi connectivity index (χ0) is 9.40. The molecule has 3 heteroatoms. The van der Waals surface area contributed by atoms with Gasteiger partial charge in [-0.3, -0.25) is 9.78 Å². The highest BCUT2D eigenvalue weighted by atomic mass is 79.9. The Morgan fingerprint density at radius 1 is 1.50 bits per heavy atom. The van der Waals surface area contributed by atoms with Gasteiger partial charge in [-0.15, -0.1) is 0 Å². The van der Waals surface area contributed by atoms with E-state index in [4.69, 9.17) is 0 Å². The second-order valence-electron chi connectivity index (χ2n) is 2.26. The molecule has 1 heterocycles. The normalized spacial score (nSPS) is 8.25. The highest BCUT2D eigenvalue weighted by molar-refractivity contribution is 9.10. The van der Waals surface area contributed by atoms with Crippen LogP contribution in [-0.2, 0) is 0 Å². The van der Waals surface area contributed by atoms with Gasteiger partial charge in [0.1, 0.15) is 0 Å². The molecule has 0 radical (unpaired) electrons. The molecule has 1 aromatic rings. The van der Waals surface area contributed by atoms with E-state index >= 15 is 0 Å². The Bertz CT molecular complexity index is 238. The van der Waals surface area contributed by atoms with E-state index in [1.165, 1.54) is 12.6 Å². The molecule has 0 saturated carbocycles. The van der Waals surface area contributed by atoms with Crippen molar-refractivity contribution in [2.45, 2.75) is 20.3 Å². The number of rotatable bonds is 1. The van der Waals surface area contributed by atoms with Crippen molar-refractivity contribution in [3.05, 3.63) is 28.5 Å². The summed E-state index contributed by atoms with van der Waals surface area (Å²) >= 11 is 3.18. The molecule has 0 amide bonds. The van der Waals surface area contributed by atoms with Crippen molar-refractivity contribution < 1.29 is 4.79 Å². The lowest BCUT2D eigenvalue weighted by molar-refractivity contribution is 0.112. The Kier molecular flexibility index (Phi) is 6.57. The number of pyridine rings is 1. The Morgan fingerprint density at radius 3 is 2.42 bits per heavy atom. The van der Waals surface area contributed by atoms with Crippen LogP contribution in [0.1, 0.15) is 30.6 Å². The average molecular weight is 230 g/mol. The van der Waals surface area contributed by atoms with Gasteiger partial charge in [0.2, 0.25) is 0 Å². The summed E-state index contributed by atoms with van der Waals surface area (Å²) in [6.07, 6.45) is 5.16. The number of nitrogens with zero attached hydrogens (tertiary/aromatic N) is 1. The van der Waals surface area contributed by atoms with Crippen molar-refractivity contribution in [3.8, 4) is 0 Å². The smallest absolute Gasteiger partial charge is 0.151 e. The van der Waals surface area contributed by atoms with Crippen LogP contribution in [0.3, 0.4) is 0 Å². The molecule has 12 heavy (non-hydrogen) atoms. The van der Waals surface area contributed by atoms with Gasteiger partial charge in [-0.25, -0.2) is 0 Å². The van der Waals surface area contributed by atoms with Crippen molar-refractivity contribution in [2.75, 3.05) is 0 Å². The summed E-state index contributed by atoms with van der Waals surface area (Å²) < 4.78 is 0.826. The highest BCUT2D eigenvalue weighted by Gasteiger charge is 1.88. The van der Waals surface area contributed by atoms with Gasteiger partial charge in [-0.1, -0.05) is 20.3 Å². The number of aldehydes is 1. The fourth-order valence-corrected chi connectivity index (χ4v) is 0.875. The average Bonchev–Trinajstić information content (AvgIpc) is 2.06. The van der Waals surface area contributed by atoms with Gasteiger partial charge in [0.15, 0.2) is 6.29 Å². The topological polar surface area (TPSA) is 30.0 Å². The van der Waals surface area contributed by atoms with Crippen LogP contribution in [0.5, 0.6) is 0 Å². The van der Waals surface area contributed by atoms with E-state index in [1.807, 2.05) is 0 Å². The molecule has 1 aromatic heterocycles. The predicted octanol–water partition coefficient (Wildman–Crippen LogP) is 3.07. The first-order valence-electron chi connectivity index (χ1n) is 3.80. The third-order valence-corrected chi connectivity index (χ3v) is 1.30. The van der Waals surface area contributed by atoms with Crippen LogP contribution in [0.15, 0.2) is 22.9 Å². The Hall–Kier alpha value is -0.700. The minimum absolute atomic E-state index is 0.587. The van der Waals surface area contributed by atoms with Gasteiger partial charge in [-0.2, -0.15) is 0 Å². The molecule has 0 fully saturated rings. The van der Waals surface area contributed by atoms with E-state index in [1.54, 1.807) is 12.3 Å². The summed E-state index contributed by atoms with van der Waals surface area (Å²) in [6, 6.07) is 1.71. The molecule has 0 aliphatic heterocycles. The standard InChI is InChI=1S/C6H4BrNO.C3H8/c7-6-1-5(4-9)2-8-3-6;1-3-2/h1-4H;3H2,1-2H3. The molecule has 0 aliphatic carbocycles. The molecule has 0 atom stereocenters. The lowest BCUT2D eigenvalue weighted by Gasteiger charge is -1.87. The quantitative estimate of drug-likeness (QED) is 0.694.